The number of anilines is 1. The highest BCUT2D eigenvalue weighted by Crippen LogP contribution is 2.15. The summed E-state index contributed by atoms with van der Waals surface area (Å²) < 4.78 is 5.80. The second-order valence-corrected chi connectivity index (χ2v) is 5.53. The summed E-state index contributed by atoms with van der Waals surface area (Å²) in [6.07, 6.45) is -0.118. The number of benzene rings is 2. The van der Waals surface area contributed by atoms with Gasteiger partial charge in [-0.05, 0) is 56.2 Å². The van der Waals surface area contributed by atoms with Crippen molar-refractivity contribution in [3.63, 3.8) is 0 Å². The summed E-state index contributed by atoms with van der Waals surface area (Å²) in [5.74, 6) is 0.673. The van der Waals surface area contributed by atoms with Gasteiger partial charge in [-0.1, -0.05) is 18.2 Å². The Morgan fingerprint density at radius 3 is 2.73 bits per heavy atom. The average Bonchev–Trinajstić information content (AvgIpc) is 2.47. The van der Waals surface area contributed by atoms with Crippen molar-refractivity contribution in [2.24, 2.45) is 0 Å². The van der Waals surface area contributed by atoms with Gasteiger partial charge < -0.3 is 15.8 Å². The first-order valence-electron chi connectivity index (χ1n) is 7.33. The number of nitrogens with two attached hydrogens (primary N) is 1. The van der Waals surface area contributed by atoms with E-state index in [1.54, 1.807) is 12.1 Å². The zero-order chi connectivity index (χ0) is 16.1. The maximum atomic E-state index is 12.2. The van der Waals surface area contributed by atoms with Crippen LogP contribution in [0, 0.1) is 13.8 Å². The summed E-state index contributed by atoms with van der Waals surface area (Å²) in [6.45, 7) is 6.26. The minimum absolute atomic E-state index is 0.118. The number of aryl methyl sites for hydroxylation is 2. The van der Waals surface area contributed by atoms with Gasteiger partial charge in [0.15, 0.2) is 0 Å². The molecule has 0 spiro atoms. The average molecular weight is 298 g/mol. The van der Waals surface area contributed by atoms with E-state index >= 15 is 0 Å². The molecule has 0 bridgehead atoms. The molecule has 2 aromatic rings. The van der Waals surface area contributed by atoms with Gasteiger partial charge in [0.2, 0.25) is 0 Å². The molecule has 4 heteroatoms. The number of hydrogen-bond acceptors (Lipinski definition) is 3. The number of carbonyl (C=O) groups excluding carboxylic acids is 1. The molecule has 0 heterocycles. The molecule has 0 saturated carbocycles. The molecule has 2 rings (SSSR count). The molecule has 1 atom stereocenters. The molecular weight excluding hydrogens is 276 g/mol. The number of carbonyl (C=O) groups is 1. The van der Waals surface area contributed by atoms with Crippen molar-refractivity contribution in [2.45, 2.75) is 26.9 Å². The number of nitrogen functional groups attached to an aromatic ring is 1. The fraction of sp³-hybridized carbons (Fsp3) is 0.278. The van der Waals surface area contributed by atoms with Crippen LogP contribution in [0.1, 0.15) is 28.4 Å². The summed E-state index contributed by atoms with van der Waals surface area (Å²) in [6, 6.07) is 13.2. The monoisotopic (exact) mass is 298 g/mol. The molecule has 0 aromatic heterocycles. The van der Waals surface area contributed by atoms with Crippen LogP contribution in [0.2, 0.25) is 0 Å². The Bertz CT molecular complexity index is 668. The lowest BCUT2D eigenvalue weighted by Gasteiger charge is -2.16. The maximum absolute atomic E-state index is 12.2. The second kappa shape index (κ2) is 6.98. The van der Waals surface area contributed by atoms with Crippen molar-refractivity contribution in [1.29, 1.82) is 0 Å². The van der Waals surface area contributed by atoms with Gasteiger partial charge in [0.1, 0.15) is 11.9 Å². The van der Waals surface area contributed by atoms with Crippen LogP contribution in [-0.4, -0.2) is 18.6 Å². The lowest BCUT2D eigenvalue weighted by atomic mass is 10.1. The third-order valence-electron chi connectivity index (χ3n) is 3.38. The predicted octanol–water partition coefficient (Wildman–Crippen LogP) is 3.08. The van der Waals surface area contributed by atoms with E-state index in [0.717, 1.165) is 16.9 Å². The molecule has 116 valence electrons. The van der Waals surface area contributed by atoms with Crippen LogP contribution in [0.5, 0.6) is 5.75 Å². The van der Waals surface area contributed by atoms with Gasteiger partial charge >= 0.3 is 0 Å². The van der Waals surface area contributed by atoms with Gasteiger partial charge in [-0.3, -0.25) is 4.79 Å². The van der Waals surface area contributed by atoms with Crippen LogP contribution in [0.25, 0.3) is 0 Å². The number of amides is 1. The third-order valence-corrected chi connectivity index (χ3v) is 3.38. The van der Waals surface area contributed by atoms with Gasteiger partial charge in [0.05, 0.1) is 6.54 Å². The molecule has 0 aliphatic rings. The number of rotatable bonds is 5. The maximum Gasteiger partial charge on any atom is 0.251 e. The van der Waals surface area contributed by atoms with E-state index in [0.29, 0.717) is 17.8 Å². The van der Waals surface area contributed by atoms with E-state index < -0.39 is 0 Å². The minimum atomic E-state index is -0.135. The normalized spacial score (nSPS) is 11.8. The fourth-order valence-corrected chi connectivity index (χ4v) is 2.18. The van der Waals surface area contributed by atoms with E-state index in [1.165, 1.54) is 0 Å². The molecule has 0 radical (unpaired) electrons. The van der Waals surface area contributed by atoms with Crippen molar-refractivity contribution in [1.82, 2.24) is 5.32 Å². The molecule has 4 nitrogen and oxygen atoms in total. The van der Waals surface area contributed by atoms with Gasteiger partial charge in [0, 0.05) is 11.3 Å². The number of ether oxygens (including phenoxy) is 1. The lowest BCUT2D eigenvalue weighted by Crippen LogP contribution is -2.34. The molecule has 0 aliphatic heterocycles. The van der Waals surface area contributed by atoms with Gasteiger partial charge in [-0.2, -0.15) is 0 Å². The van der Waals surface area contributed by atoms with Crippen molar-refractivity contribution in [3.05, 3.63) is 59.2 Å². The van der Waals surface area contributed by atoms with Crippen LogP contribution < -0.4 is 15.8 Å². The molecule has 1 unspecified atom stereocenters. The molecule has 1 amide bonds. The summed E-state index contributed by atoms with van der Waals surface area (Å²) >= 11 is 0. The zero-order valence-corrected chi connectivity index (χ0v) is 13.2. The smallest absolute Gasteiger partial charge is 0.251 e. The summed E-state index contributed by atoms with van der Waals surface area (Å²) in [5, 5.41) is 2.88. The first kappa shape index (κ1) is 15.9. The van der Waals surface area contributed by atoms with E-state index in [9.17, 15) is 4.79 Å². The van der Waals surface area contributed by atoms with Gasteiger partial charge in [0.25, 0.3) is 5.91 Å². The van der Waals surface area contributed by atoms with E-state index in [1.807, 2.05) is 51.1 Å². The van der Waals surface area contributed by atoms with E-state index in [-0.39, 0.29) is 12.0 Å². The molecular formula is C18H22N2O2. The lowest BCUT2D eigenvalue weighted by molar-refractivity contribution is 0.0931. The Kier molecular flexibility index (Phi) is 5.04. The summed E-state index contributed by atoms with van der Waals surface area (Å²) in [7, 11) is 0. The van der Waals surface area contributed by atoms with Crippen molar-refractivity contribution in [3.8, 4) is 5.75 Å². The SMILES string of the molecule is Cc1cccc(OC(C)CNC(=O)c2cc(N)ccc2C)c1. The largest absolute Gasteiger partial charge is 0.489 e. The van der Waals surface area contributed by atoms with Crippen molar-refractivity contribution < 1.29 is 9.53 Å². The number of hydrogen-bond donors (Lipinski definition) is 2. The number of nitrogens with one attached hydrogen (secondary N) is 1. The van der Waals surface area contributed by atoms with Crippen LogP contribution >= 0.6 is 0 Å². The predicted molar refractivity (Wildman–Crippen MR) is 89.2 cm³/mol. The second-order valence-electron chi connectivity index (χ2n) is 5.53. The van der Waals surface area contributed by atoms with E-state index in [4.69, 9.17) is 10.5 Å². The Morgan fingerprint density at radius 2 is 2.00 bits per heavy atom. The quantitative estimate of drug-likeness (QED) is 0.834. The molecule has 0 fully saturated rings. The Morgan fingerprint density at radius 1 is 1.23 bits per heavy atom. The van der Waals surface area contributed by atoms with Gasteiger partial charge in [-0.25, -0.2) is 0 Å². The van der Waals surface area contributed by atoms with Crippen LogP contribution in [0.3, 0.4) is 0 Å². The molecule has 2 aromatic carbocycles. The molecule has 0 saturated heterocycles. The Hall–Kier alpha value is -2.49. The topological polar surface area (TPSA) is 64.3 Å². The standard InChI is InChI=1S/C18H22N2O2/c1-12-5-4-6-16(9-12)22-14(3)11-20-18(21)17-10-15(19)8-7-13(17)2/h4-10,14H,11,19H2,1-3H3,(H,20,21). The highest BCUT2D eigenvalue weighted by Gasteiger charge is 2.11. The van der Waals surface area contributed by atoms with Crippen LogP contribution in [-0.2, 0) is 0 Å². The summed E-state index contributed by atoms with van der Waals surface area (Å²) in [4.78, 5) is 12.2. The third kappa shape index (κ3) is 4.25. The van der Waals surface area contributed by atoms with Crippen molar-refractivity contribution in [2.75, 3.05) is 12.3 Å². The summed E-state index contributed by atoms with van der Waals surface area (Å²) in [5.41, 5.74) is 8.96. The highest BCUT2D eigenvalue weighted by atomic mass is 16.5. The zero-order valence-electron chi connectivity index (χ0n) is 13.2. The van der Waals surface area contributed by atoms with E-state index in [2.05, 4.69) is 5.32 Å². The highest BCUT2D eigenvalue weighted by molar-refractivity contribution is 5.96. The molecule has 0 aliphatic carbocycles. The minimum Gasteiger partial charge on any atom is -0.489 e. The Balaban J connectivity index is 1.92. The Labute approximate surface area is 131 Å². The van der Waals surface area contributed by atoms with Crippen LogP contribution in [0.4, 0.5) is 5.69 Å². The van der Waals surface area contributed by atoms with Crippen LogP contribution in [0.15, 0.2) is 42.5 Å². The van der Waals surface area contributed by atoms with Crippen molar-refractivity contribution >= 4 is 11.6 Å². The first-order valence-corrected chi connectivity index (χ1v) is 7.33. The molecule has 22 heavy (non-hydrogen) atoms. The first-order chi connectivity index (χ1) is 10.5. The fourth-order valence-electron chi connectivity index (χ4n) is 2.18. The molecule has 3 N–H and O–H groups in total. The van der Waals surface area contributed by atoms with Gasteiger partial charge in [-0.15, -0.1) is 0 Å².